The highest BCUT2D eigenvalue weighted by Gasteiger charge is 2.21. The van der Waals surface area contributed by atoms with Crippen LogP contribution in [0.1, 0.15) is 26.3 Å². The Kier molecular flexibility index (Phi) is 4.61. The fraction of sp³-hybridized carbons (Fsp3) is 0.353. The molecule has 1 heterocycles. The number of nitrogens with zero attached hydrogens (tertiary/aromatic N) is 1. The summed E-state index contributed by atoms with van der Waals surface area (Å²) in [6.07, 6.45) is 4.30. The van der Waals surface area contributed by atoms with Crippen molar-refractivity contribution in [3.05, 3.63) is 53.7 Å². The third-order valence-corrected chi connectivity index (χ3v) is 3.44. The maximum Gasteiger partial charge on any atom is 0.325 e. The number of hydrogen-bond donors (Lipinski definition) is 0. The fourth-order valence-electron chi connectivity index (χ4n) is 2.45. The number of carbonyl (C=O) groups excluding carboxylic acids is 1. The molecule has 1 aliphatic heterocycles. The zero-order valence-corrected chi connectivity index (χ0v) is 12.3. The highest BCUT2D eigenvalue weighted by molar-refractivity contribution is 5.77. The van der Waals surface area contributed by atoms with Crippen LogP contribution >= 0.6 is 0 Å². The molecule has 1 aliphatic rings. The van der Waals surface area contributed by atoms with E-state index in [2.05, 4.69) is 36.1 Å². The predicted molar refractivity (Wildman–Crippen MR) is 81.0 cm³/mol. The van der Waals surface area contributed by atoms with Crippen molar-refractivity contribution in [3.8, 4) is 0 Å². The molecular weight excluding hydrogens is 250 g/mol. The number of carbonyl (C=O) groups is 1. The molecule has 1 unspecified atom stereocenters. The van der Waals surface area contributed by atoms with Crippen molar-refractivity contribution in [2.45, 2.75) is 26.8 Å². The van der Waals surface area contributed by atoms with Crippen molar-refractivity contribution in [2.75, 3.05) is 13.2 Å². The minimum Gasteiger partial charge on any atom is -0.465 e. The van der Waals surface area contributed by atoms with Crippen LogP contribution in [0.25, 0.3) is 5.57 Å². The zero-order chi connectivity index (χ0) is 14.5. The molecular formula is C17H21NO2. The zero-order valence-electron chi connectivity index (χ0n) is 12.3. The number of rotatable bonds is 4. The molecule has 2 rings (SSSR count). The predicted octanol–water partition coefficient (Wildman–Crippen LogP) is 3.24. The van der Waals surface area contributed by atoms with E-state index in [1.165, 1.54) is 11.1 Å². The van der Waals surface area contributed by atoms with Gasteiger partial charge in [0, 0.05) is 11.7 Å². The Balaban J connectivity index is 2.15. The van der Waals surface area contributed by atoms with Gasteiger partial charge in [0.2, 0.25) is 0 Å². The van der Waals surface area contributed by atoms with E-state index >= 15 is 0 Å². The molecule has 0 radical (unpaired) electrons. The summed E-state index contributed by atoms with van der Waals surface area (Å²) in [4.78, 5) is 13.7. The molecule has 1 aromatic carbocycles. The van der Waals surface area contributed by atoms with Crippen molar-refractivity contribution >= 4 is 11.5 Å². The molecule has 0 fully saturated rings. The molecule has 0 amide bonds. The van der Waals surface area contributed by atoms with Crippen molar-refractivity contribution in [2.24, 2.45) is 0 Å². The third-order valence-electron chi connectivity index (χ3n) is 3.44. The van der Waals surface area contributed by atoms with Crippen LogP contribution in [0.5, 0.6) is 0 Å². The highest BCUT2D eigenvalue weighted by atomic mass is 16.5. The average molecular weight is 271 g/mol. The smallest absolute Gasteiger partial charge is 0.325 e. The third kappa shape index (κ3) is 3.29. The van der Waals surface area contributed by atoms with Gasteiger partial charge in [-0.15, -0.1) is 0 Å². The van der Waals surface area contributed by atoms with Gasteiger partial charge in [-0.2, -0.15) is 0 Å². The Hall–Kier alpha value is -2.03. The molecule has 0 saturated carbocycles. The van der Waals surface area contributed by atoms with Gasteiger partial charge in [0.1, 0.15) is 6.54 Å². The minimum absolute atomic E-state index is 0.177. The van der Waals surface area contributed by atoms with Gasteiger partial charge in [-0.05, 0) is 38.0 Å². The van der Waals surface area contributed by atoms with Crippen LogP contribution in [-0.2, 0) is 9.53 Å². The first-order valence-electron chi connectivity index (χ1n) is 6.99. The molecule has 3 heteroatoms. The van der Waals surface area contributed by atoms with Crippen LogP contribution in [0.4, 0.5) is 0 Å². The maximum absolute atomic E-state index is 11.6. The first kappa shape index (κ1) is 14.4. The summed E-state index contributed by atoms with van der Waals surface area (Å²) in [5.41, 5.74) is 3.50. The van der Waals surface area contributed by atoms with Gasteiger partial charge in [0.05, 0.1) is 6.61 Å². The lowest BCUT2D eigenvalue weighted by Gasteiger charge is -2.33. The molecule has 3 nitrogen and oxygen atoms in total. The summed E-state index contributed by atoms with van der Waals surface area (Å²) < 4.78 is 5.02. The minimum atomic E-state index is -0.177. The molecule has 0 aliphatic carbocycles. The number of allylic oxidation sites excluding steroid dienone is 3. The topological polar surface area (TPSA) is 29.5 Å². The van der Waals surface area contributed by atoms with Gasteiger partial charge in [-0.25, -0.2) is 0 Å². The Morgan fingerprint density at radius 2 is 2.00 bits per heavy atom. The summed E-state index contributed by atoms with van der Waals surface area (Å²) in [5, 5.41) is 0. The molecule has 0 aromatic heterocycles. The molecule has 0 saturated heterocycles. The van der Waals surface area contributed by atoms with Gasteiger partial charge in [0.15, 0.2) is 0 Å². The first-order chi connectivity index (χ1) is 9.61. The molecule has 0 spiro atoms. The molecule has 1 atom stereocenters. The van der Waals surface area contributed by atoms with E-state index in [0.29, 0.717) is 13.2 Å². The second kappa shape index (κ2) is 6.42. The van der Waals surface area contributed by atoms with Crippen molar-refractivity contribution in [3.63, 3.8) is 0 Å². The van der Waals surface area contributed by atoms with E-state index in [9.17, 15) is 4.79 Å². The Morgan fingerprint density at radius 3 is 2.60 bits per heavy atom. The molecule has 0 N–H and O–H groups in total. The second-order valence-electron chi connectivity index (χ2n) is 4.95. The molecule has 0 bridgehead atoms. The SMILES string of the molecule is CCOC(=O)CN1C(C)=CC(c2ccccc2)=CC1C. The van der Waals surface area contributed by atoms with Crippen LogP contribution < -0.4 is 0 Å². The largest absolute Gasteiger partial charge is 0.465 e. The van der Waals surface area contributed by atoms with E-state index in [1.807, 2.05) is 32.0 Å². The lowest BCUT2D eigenvalue weighted by Crippen LogP contribution is -2.37. The van der Waals surface area contributed by atoms with E-state index in [1.54, 1.807) is 0 Å². The van der Waals surface area contributed by atoms with Gasteiger partial charge >= 0.3 is 5.97 Å². The maximum atomic E-state index is 11.6. The number of hydrogen-bond acceptors (Lipinski definition) is 3. The number of ether oxygens (including phenoxy) is 1. The van der Waals surface area contributed by atoms with Crippen LogP contribution in [-0.4, -0.2) is 30.1 Å². The van der Waals surface area contributed by atoms with Crippen molar-refractivity contribution < 1.29 is 9.53 Å². The van der Waals surface area contributed by atoms with E-state index < -0.39 is 0 Å². The molecule has 20 heavy (non-hydrogen) atoms. The van der Waals surface area contributed by atoms with Gasteiger partial charge in [-0.1, -0.05) is 36.4 Å². The summed E-state index contributed by atoms with van der Waals surface area (Å²) in [6, 6.07) is 10.5. The van der Waals surface area contributed by atoms with E-state index in [-0.39, 0.29) is 12.0 Å². The van der Waals surface area contributed by atoms with Gasteiger partial charge in [0.25, 0.3) is 0 Å². The lowest BCUT2D eigenvalue weighted by atomic mass is 9.98. The van der Waals surface area contributed by atoms with E-state index in [0.717, 1.165) is 5.70 Å². The summed E-state index contributed by atoms with van der Waals surface area (Å²) in [6.45, 7) is 6.68. The summed E-state index contributed by atoms with van der Waals surface area (Å²) in [7, 11) is 0. The standard InChI is InChI=1S/C17H21NO2/c1-4-20-17(19)12-18-13(2)10-16(11-14(18)3)15-8-6-5-7-9-15/h5-11,13H,4,12H2,1-3H3. The van der Waals surface area contributed by atoms with Crippen LogP contribution in [0, 0.1) is 0 Å². The quantitative estimate of drug-likeness (QED) is 0.787. The average Bonchev–Trinajstić information content (AvgIpc) is 2.44. The normalized spacial score (nSPS) is 18.4. The van der Waals surface area contributed by atoms with Gasteiger partial charge in [-0.3, -0.25) is 4.79 Å². The molecule has 1 aromatic rings. The Labute approximate surface area is 120 Å². The van der Waals surface area contributed by atoms with Gasteiger partial charge < -0.3 is 9.64 Å². The van der Waals surface area contributed by atoms with Crippen LogP contribution in [0.15, 0.2) is 48.2 Å². The monoisotopic (exact) mass is 271 g/mol. The number of esters is 1. The highest BCUT2D eigenvalue weighted by Crippen LogP contribution is 2.26. The van der Waals surface area contributed by atoms with Crippen molar-refractivity contribution in [1.82, 2.24) is 4.90 Å². The van der Waals surface area contributed by atoms with Crippen molar-refractivity contribution in [1.29, 1.82) is 0 Å². The molecule has 106 valence electrons. The lowest BCUT2D eigenvalue weighted by molar-refractivity contribution is -0.144. The van der Waals surface area contributed by atoms with Crippen LogP contribution in [0.2, 0.25) is 0 Å². The van der Waals surface area contributed by atoms with Crippen LogP contribution in [0.3, 0.4) is 0 Å². The van der Waals surface area contributed by atoms with E-state index in [4.69, 9.17) is 4.74 Å². The number of benzene rings is 1. The first-order valence-corrected chi connectivity index (χ1v) is 6.99. The Bertz CT molecular complexity index is 531. The Morgan fingerprint density at radius 1 is 1.30 bits per heavy atom. The summed E-state index contributed by atoms with van der Waals surface area (Å²) >= 11 is 0. The fourth-order valence-corrected chi connectivity index (χ4v) is 2.45. The second-order valence-corrected chi connectivity index (χ2v) is 4.95. The summed E-state index contributed by atoms with van der Waals surface area (Å²) in [5.74, 6) is -0.177.